The summed E-state index contributed by atoms with van der Waals surface area (Å²) in [5.41, 5.74) is 4.04. The SMILES string of the molecule is Cc1cc([C@@H](C)Nc2cccnc2C(=O)NS(C)(=O)=O)c2oc(-c3cnc4c(ccn4C)c3)c(C)c(=O)c2c1. The number of rotatable bonds is 6. The van der Waals surface area contributed by atoms with Gasteiger partial charge in [0.15, 0.2) is 11.1 Å². The minimum absolute atomic E-state index is 0.0769. The molecule has 0 aliphatic carbocycles. The summed E-state index contributed by atoms with van der Waals surface area (Å²) >= 11 is 0. The maximum atomic E-state index is 13.5. The van der Waals surface area contributed by atoms with Crippen LogP contribution in [0.4, 0.5) is 5.69 Å². The Balaban J connectivity index is 1.62. The van der Waals surface area contributed by atoms with E-state index in [1.54, 1.807) is 31.3 Å². The number of benzene rings is 1. The second kappa shape index (κ2) is 9.66. The zero-order valence-corrected chi connectivity index (χ0v) is 22.9. The maximum Gasteiger partial charge on any atom is 0.285 e. The van der Waals surface area contributed by atoms with Gasteiger partial charge in [0.05, 0.1) is 23.4 Å². The molecule has 5 rings (SSSR count). The fourth-order valence-electron chi connectivity index (χ4n) is 4.67. The summed E-state index contributed by atoms with van der Waals surface area (Å²) in [6.07, 6.45) is 5.91. The Morgan fingerprint density at radius 1 is 1.13 bits per heavy atom. The van der Waals surface area contributed by atoms with E-state index in [9.17, 15) is 18.0 Å². The van der Waals surface area contributed by atoms with Gasteiger partial charge in [-0.05, 0) is 56.7 Å². The highest BCUT2D eigenvalue weighted by molar-refractivity contribution is 7.89. The summed E-state index contributed by atoms with van der Waals surface area (Å²) in [5.74, 6) is -0.423. The number of carbonyl (C=O) groups is 1. The second-order valence-electron chi connectivity index (χ2n) is 9.65. The van der Waals surface area contributed by atoms with E-state index in [0.29, 0.717) is 39.1 Å². The highest BCUT2D eigenvalue weighted by atomic mass is 32.2. The molecule has 4 heterocycles. The van der Waals surface area contributed by atoms with Crippen molar-refractivity contribution in [2.45, 2.75) is 26.8 Å². The van der Waals surface area contributed by atoms with E-state index in [0.717, 1.165) is 22.9 Å². The van der Waals surface area contributed by atoms with Crippen LogP contribution in [-0.4, -0.2) is 35.1 Å². The van der Waals surface area contributed by atoms with Crippen LogP contribution in [0.5, 0.6) is 0 Å². The van der Waals surface area contributed by atoms with Gasteiger partial charge in [0, 0.05) is 47.7 Å². The van der Waals surface area contributed by atoms with E-state index in [2.05, 4.69) is 15.3 Å². The molecule has 2 N–H and O–H groups in total. The Labute approximate surface area is 224 Å². The van der Waals surface area contributed by atoms with Crippen LogP contribution >= 0.6 is 0 Å². The molecule has 11 heteroatoms. The summed E-state index contributed by atoms with van der Waals surface area (Å²) in [6, 6.07) is 10.4. The molecule has 0 fully saturated rings. The third kappa shape index (κ3) is 5.00. The minimum atomic E-state index is -3.78. The van der Waals surface area contributed by atoms with Crippen molar-refractivity contribution < 1.29 is 17.6 Å². The highest BCUT2D eigenvalue weighted by Crippen LogP contribution is 2.33. The van der Waals surface area contributed by atoms with Gasteiger partial charge in [0.1, 0.15) is 17.0 Å². The molecule has 0 aliphatic rings. The van der Waals surface area contributed by atoms with E-state index < -0.39 is 22.0 Å². The summed E-state index contributed by atoms with van der Waals surface area (Å²) in [6.45, 7) is 5.49. The highest BCUT2D eigenvalue weighted by Gasteiger charge is 2.22. The molecule has 39 heavy (non-hydrogen) atoms. The van der Waals surface area contributed by atoms with Gasteiger partial charge in [-0.3, -0.25) is 9.59 Å². The van der Waals surface area contributed by atoms with Crippen molar-refractivity contribution in [2.75, 3.05) is 11.6 Å². The molecule has 0 aliphatic heterocycles. The standard InChI is InChI=1S/C28H27N5O5S/c1-15-11-20(17(3)31-22-7-6-9-29-23(22)28(35)32-39(5,36)37)26-21(12-15)24(34)16(2)25(38-26)19-13-18-8-10-33(4)27(18)30-14-19/h6-14,17,31H,1-5H3,(H,32,35)/t17-/m1/s1. The van der Waals surface area contributed by atoms with E-state index in [1.165, 1.54) is 6.20 Å². The normalized spacial score (nSPS) is 12.5. The van der Waals surface area contributed by atoms with Crippen LogP contribution in [0.2, 0.25) is 0 Å². The summed E-state index contributed by atoms with van der Waals surface area (Å²) < 4.78 is 33.5. The van der Waals surface area contributed by atoms with Crippen molar-refractivity contribution in [3.05, 3.63) is 87.6 Å². The fourth-order valence-corrected chi connectivity index (χ4v) is 5.11. The van der Waals surface area contributed by atoms with Gasteiger partial charge < -0.3 is 14.3 Å². The zero-order valence-electron chi connectivity index (χ0n) is 22.1. The lowest BCUT2D eigenvalue weighted by atomic mass is 9.99. The fraction of sp³-hybridized carbons (Fsp3) is 0.214. The summed E-state index contributed by atoms with van der Waals surface area (Å²) in [5, 5.41) is 4.60. The van der Waals surface area contributed by atoms with E-state index >= 15 is 0 Å². The summed E-state index contributed by atoms with van der Waals surface area (Å²) in [7, 11) is -1.86. The van der Waals surface area contributed by atoms with Gasteiger partial charge in [0.25, 0.3) is 5.91 Å². The number of amides is 1. The zero-order chi connectivity index (χ0) is 28.1. The van der Waals surface area contributed by atoms with Crippen LogP contribution in [0, 0.1) is 13.8 Å². The topological polar surface area (TPSA) is 136 Å². The molecule has 0 unspecified atom stereocenters. The lowest BCUT2D eigenvalue weighted by Crippen LogP contribution is -2.30. The first kappa shape index (κ1) is 26.1. The number of hydrogen-bond donors (Lipinski definition) is 2. The Morgan fingerprint density at radius 3 is 2.64 bits per heavy atom. The smallest absolute Gasteiger partial charge is 0.285 e. The quantitative estimate of drug-likeness (QED) is 0.324. The average Bonchev–Trinajstić information content (AvgIpc) is 3.25. The largest absolute Gasteiger partial charge is 0.455 e. The van der Waals surface area contributed by atoms with Crippen molar-refractivity contribution in [2.24, 2.45) is 7.05 Å². The lowest BCUT2D eigenvalue weighted by molar-refractivity contribution is 0.0977. The first-order valence-electron chi connectivity index (χ1n) is 12.2. The molecule has 0 spiro atoms. The van der Waals surface area contributed by atoms with Gasteiger partial charge >= 0.3 is 0 Å². The number of carbonyl (C=O) groups excluding carboxylic acids is 1. The van der Waals surface area contributed by atoms with Crippen LogP contribution < -0.4 is 15.5 Å². The molecular weight excluding hydrogens is 518 g/mol. The van der Waals surface area contributed by atoms with Crippen molar-refractivity contribution in [3.63, 3.8) is 0 Å². The molecule has 0 bridgehead atoms. The molecule has 5 aromatic rings. The number of aryl methyl sites for hydroxylation is 2. The second-order valence-corrected chi connectivity index (χ2v) is 11.4. The predicted molar refractivity (Wildman–Crippen MR) is 150 cm³/mol. The van der Waals surface area contributed by atoms with Gasteiger partial charge in [-0.2, -0.15) is 0 Å². The molecular formula is C28H27N5O5S. The molecule has 1 aromatic carbocycles. The first-order valence-corrected chi connectivity index (χ1v) is 14.0. The number of sulfonamides is 1. The van der Waals surface area contributed by atoms with Crippen LogP contribution in [0.25, 0.3) is 33.3 Å². The molecule has 0 saturated carbocycles. The molecule has 1 amide bonds. The number of hydrogen-bond acceptors (Lipinski definition) is 8. The number of aromatic nitrogens is 3. The van der Waals surface area contributed by atoms with Gasteiger partial charge in [-0.15, -0.1) is 0 Å². The number of pyridine rings is 2. The maximum absolute atomic E-state index is 13.5. The Morgan fingerprint density at radius 2 is 1.90 bits per heavy atom. The molecule has 10 nitrogen and oxygen atoms in total. The predicted octanol–water partition coefficient (Wildman–Crippen LogP) is 4.22. The van der Waals surface area contributed by atoms with E-state index in [-0.39, 0.29) is 11.1 Å². The molecule has 200 valence electrons. The Kier molecular flexibility index (Phi) is 6.47. The molecule has 0 saturated heterocycles. The van der Waals surface area contributed by atoms with E-state index in [4.69, 9.17) is 4.42 Å². The minimum Gasteiger partial charge on any atom is -0.455 e. The van der Waals surface area contributed by atoms with Gasteiger partial charge in [0.2, 0.25) is 10.0 Å². The number of anilines is 1. The monoisotopic (exact) mass is 545 g/mol. The average molecular weight is 546 g/mol. The lowest BCUT2D eigenvalue weighted by Gasteiger charge is -2.20. The molecule has 1 atom stereocenters. The van der Waals surface area contributed by atoms with Crippen molar-refractivity contribution in [1.29, 1.82) is 0 Å². The van der Waals surface area contributed by atoms with Gasteiger partial charge in [-0.1, -0.05) is 6.07 Å². The van der Waals surface area contributed by atoms with Crippen LogP contribution in [-0.2, 0) is 17.1 Å². The van der Waals surface area contributed by atoms with Crippen LogP contribution in [0.15, 0.2) is 64.2 Å². The number of fused-ring (bicyclic) bond motifs is 2. The van der Waals surface area contributed by atoms with Crippen molar-refractivity contribution >= 4 is 43.6 Å². The van der Waals surface area contributed by atoms with Crippen molar-refractivity contribution in [1.82, 2.24) is 19.3 Å². The van der Waals surface area contributed by atoms with Gasteiger partial charge in [-0.25, -0.2) is 23.1 Å². The Hall–Kier alpha value is -4.51. The van der Waals surface area contributed by atoms with Crippen LogP contribution in [0.1, 0.15) is 40.1 Å². The Bertz CT molecular complexity index is 1940. The van der Waals surface area contributed by atoms with Crippen LogP contribution in [0.3, 0.4) is 0 Å². The third-order valence-electron chi connectivity index (χ3n) is 6.50. The molecule has 0 radical (unpaired) electrons. The number of nitrogens with one attached hydrogen (secondary N) is 2. The van der Waals surface area contributed by atoms with E-state index in [1.807, 2.05) is 54.6 Å². The first-order chi connectivity index (χ1) is 18.4. The number of nitrogens with zero attached hydrogens (tertiary/aromatic N) is 3. The third-order valence-corrected chi connectivity index (χ3v) is 7.06. The summed E-state index contributed by atoms with van der Waals surface area (Å²) in [4.78, 5) is 34.7. The molecule has 4 aromatic heterocycles. The van der Waals surface area contributed by atoms with Crippen molar-refractivity contribution in [3.8, 4) is 11.3 Å².